The van der Waals surface area contributed by atoms with E-state index in [1.807, 2.05) is 0 Å². The lowest BCUT2D eigenvalue weighted by atomic mass is 10.2. The fourth-order valence-corrected chi connectivity index (χ4v) is 2.15. The van der Waals surface area contributed by atoms with E-state index in [1.165, 1.54) is 24.3 Å². The molecule has 0 aromatic carbocycles. The Hall–Kier alpha value is -1.19. The summed E-state index contributed by atoms with van der Waals surface area (Å²) >= 11 is 0. The molecule has 1 spiro atoms. The van der Waals surface area contributed by atoms with Crippen LogP contribution in [0.3, 0.4) is 0 Å². The lowest BCUT2D eigenvalue weighted by molar-refractivity contribution is 0.640. The first-order chi connectivity index (χ1) is 6.74. The molecule has 2 heterocycles. The SMILES string of the molecule is CCn1nc(C)c2c1NC1(CC1)CN2. The van der Waals surface area contributed by atoms with Gasteiger partial charge in [0.1, 0.15) is 11.5 Å². The number of aryl methyl sites for hydroxylation is 2. The Morgan fingerprint density at radius 2 is 2.29 bits per heavy atom. The standard InChI is InChI=1S/C10H16N4/c1-3-14-9-8(7(2)13-14)11-6-10(12-9)4-5-10/h11-12H,3-6H2,1-2H3. The molecule has 2 aliphatic rings. The number of hydrogen-bond acceptors (Lipinski definition) is 3. The van der Waals surface area contributed by atoms with Crippen molar-refractivity contribution in [2.75, 3.05) is 17.2 Å². The molecule has 0 saturated heterocycles. The molecule has 1 aromatic heterocycles. The second kappa shape index (κ2) is 2.43. The van der Waals surface area contributed by atoms with Crippen LogP contribution in [0.4, 0.5) is 11.5 Å². The molecule has 0 atom stereocenters. The summed E-state index contributed by atoms with van der Waals surface area (Å²) in [7, 11) is 0. The maximum atomic E-state index is 4.50. The van der Waals surface area contributed by atoms with Crippen LogP contribution in [-0.4, -0.2) is 21.9 Å². The third-order valence-electron chi connectivity index (χ3n) is 3.27. The molecule has 1 aliphatic carbocycles. The highest BCUT2D eigenvalue weighted by atomic mass is 15.4. The first kappa shape index (κ1) is 8.15. The Morgan fingerprint density at radius 3 is 2.93 bits per heavy atom. The smallest absolute Gasteiger partial charge is 0.148 e. The van der Waals surface area contributed by atoms with Crippen LogP contribution >= 0.6 is 0 Å². The van der Waals surface area contributed by atoms with Crippen molar-refractivity contribution >= 4 is 11.5 Å². The van der Waals surface area contributed by atoms with Crippen LogP contribution in [0.2, 0.25) is 0 Å². The molecule has 1 aliphatic heterocycles. The van der Waals surface area contributed by atoms with Crippen LogP contribution in [0.1, 0.15) is 25.5 Å². The van der Waals surface area contributed by atoms with Crippen LogP contribution < -0.4 is 10.6 Å². The van der Waals surface area contributed by atoms with Gasteiger partial charge in [0.15, 0.2) is 0 Å². The maximum absolute atomic E-state index is 4.50. The first-order valence-corrected chi connectivity index (χ1v) is 5.33. The summed E-state index contributed by atoms with van der Waals surface area (Å²) in [5.74, 6) is 1.19. The van der Waals surface area contributed by atoms with Crippen molar-refractivity contribution in [1.29, 1.82) is 0 Å². The zero-order valence-electron chi connectivity index (χ0n) is 8.72. The predicted octanol–water partition coefficient (Wildman–Crippen LogP) is 1.58. The summed E-state index contributed by atoms with van der Waals surface area (Å²) in [4.78, 5) is 0. The highest BCUT2D eigenvalue weighted by Crippen LogP contribution is 2.44. The molecule has 1 aromatic rings. The van der Waals surface area contributed by atoms with Crippen LogP contribution in [0.25, 0.3) is 0 Å². The predicted molar refractivity (Wildman–Crippen MR) is 56.7 cm³/mol. The molecule has 4 heteroatoms. The Balaban J connectivity index is 2.04. The van der Waals surface area contributed by atoms with Gasteiger partial charge in [0, 0.05) is 13.1 Å². The van der Waals surface area contributed by atoms with Gasteiger partial charge in [-0.15, -0.1) is 0 Å². The van der Waals surface area contributed by atoms with Gasteiger partial charge in [-0.1, -0.05) is 0 Å². The lowest BCUT2D eigenvalue weighted by Crippen LogP contribution is -2.35. The molecule has 0 amide bonds. The number of rotatable bonds is 1. The van der Waals surface area contributed by atoms with Gasteiger partial charge < -0.3 is 10.6 Å². The Bertz CT molecular complexity index is 376. The third kappa shape index (κ3) is 0.966. The average molecular weight is 192 g/mol. The summed E-state index contributed by atoms with van der Waals surface area (Å²) in [5, 5.41) is 11.6. The molecular weight excluding hydrogens is 176 g/mol. The molecule has 1 saturated carbocycles. The van der Waals surface area contributed by atoms with E-state index in [0.717, 1.165) is 18.8 Å². The zero-order valence-corrected chi connectivity index (χ0v) is 8.72. The topological polar surface area (TPSA) is 41.9 Å². The van der Waals surface area contributed by atoms with E-state index in [2.05, 4.69) is 34.3 Å². The summed E-state index contributed by atoms with van der Waals surface area (Å²) in [6.07, 6.45) is 2.57. The number of nitrogens with zero attached hydrogens (tertiary/aromatic N) is 2. The molecule has 4 nitrogen and oxygen atoms in total. The minimum atomic E-state index is 0.354. The number of nitrogens with one attached hydrogen (secondary N) is 2. The van der Waals surface area contributed by atoms with Gasteiger partial charge in [-0.2, -0.15) is 5.10 Å². The van der Waals surface area contributed by atoms with Crippen molar-refractivity contribution in [3.8, 4) is 0 Å². The molecule has 0 bridgehead atoms. The fraction of sp³-hybridized carbons (Fsp3) is 0.700. The highest BCUT2D eigenvalue weighted by Gasteiger charge is 2.46. The first-order valence-electron chi connectivity index (χ1n) is 5.33. The van der Waals surface area contributed by atoms with Gasteiger partial charge in [0.2, 0.25) is 0 Å². The largest absolute Gasteiger partial charge is 0.378 e. The zero-order chi connectivity index (χ0) is 9.76. The van der Waals surface area contributed by atoms with Crippen LogP contribution in [-0.2, 0) is 6.54 Å². The van der Waals surface area contributed by atoms with Crippen LogP contribution in [0.15, 0.2) is 0 Å². The summed E-state index contributed by atoms with van der Waals surface area (Å²) in [5.41, 5.74) is 2.65. The van der Waals surface area contributed by atoms with E-state index in [9.17, 15) is 0 Å². The van der Waals surface area contributed by atoms with Crippen molar-refractivity contribution in [3.63, 3.8) is 0 Å². The third-order valence-corrected chi connectivity index (χ3v) is 3.27. The molecule has 14 heavy (non-hydrogen) atoms. The quantitative estimate of drug-likeness (QED) is 0.710. The van der Waals surface area contributed by atoms with Crippen molar-refractivity contribution in [1.82, 2.24) is 9.78 Å². The van der Waals surface area contributed by atoms with Crippen LogP contribution in [0, 0.1) is 6.92 Å². The average Bonchev–Trinajstić information content (AvgIpc) is 2.85. The molecular formula is C10H16N4. The number of fused-ring (bicyclic) bond motifs is 1. The fourth-order valence-electron chi connectivity index (χ4n) is 2.15. The Morgan fingerprint density at radius 1 is 1.50 bits per heavy atom. The molecule has 0 unspecified atom stereocenters. The van der Waals surface area contributed by atoms with E-state index in [-0.39, 0.29) is 0 Å². The van der Waals surface area contributed by atoms with Gasteiger partial charge in [-0.3, -0.25) is 0 Å². The van der Waals surface area contributed by atoms with Gasteiger partial charge in [-0.25, -0.2) is 4.68 Å². The van der Waals surface area contributed by atoms with E-state index in [1.54, 1.807) is 0 Å². The monoisotopic (exact) mass is 192 g/mol. The summed E-state index contributed by atoms with van der Waals surface area (Å²) in [6.45, 7) is 6.17. The second-order valence-corrected chi connectivity index (χ2v) is 4.38. The second-order valence-electron chi connectivity index (χ2n) is 4.38. The normalized spacial score (nSPS) is 21.3. The van der Waals surface area contributed by atoms with Gasteiger partial charge in [0.25, 0.3) is 0 Å². The Labute approximate surface area is 83.7 Å². The van der Waals surface area contributed by atoms with Gasteiger partial charge in [-0.05, 0) is 26.7 Å². The number of anilines is 2. The van der Waals surface area contributed by atoms with E-state index >= 15 is 0 Å². The van der Waals surface area contributed by atoms with Gasteiger partial charge in [0.05, 0.1) is 11.2 Å². The number of aromatic nitrogens is 2. The van der Waals surface area contributed by atoms with Crippen LogP contribution in [0.5, 0.6) is 0 Å². The summed E-state index contributed by atoms with van der Waals surface area (Å²) in [6, 6.07) is 0. The van der Waals surface area contributed by atoms with E-state index < -0.39 is 0 Å². The minimum Gasteiger partial charge on any atom is -0.378 e. The lowest BCUT2D eigenvalue weighted by Gasteiger charge is -2.26. The molecule has 2 N–H and O–H groups in total. The van der Waals surface area contributed by atoms with Crippen molar-refractivity contribution in [3.05, 3.63) is 5.69 Å². The summed E-state index contributed by atoms with van der Waals surface area (Å²) < 4.78 is 2.05. The minimum absolute atomic E-state index is 0.354. The molecule has 1 fully saturated rings. The highest BCUT2D eigenvalue weighted by molar-refractivity contribution is 5.72. The molecule has 76 valence electrons. The van der Waals surface area contributed by atoms with Crippen molar-refractivity contribution < 1.29 is 0 Å². The number of hydrogen-bond donors (Lipinski definition) is 2. The van der Waals surface area contributed by atoms with Crippen molar-refractivity contribution in [2.24, 2.45) is 0 Å². The van der Waals surface area contributed by atoms with E-state index in [0.29, 0.717) is 5.54 Å². The molecule has 0 radical (unpaired) electrons. The van der Waals surface area contributed by atoms with Crippen molar-refractivity contribution in [2.45, 2.75) is 38.8 Å². The molecule has 3 rings (SSSR count). The Kier molecular flexibility index (Phi) is 1.42. The van der Waals surface area contributed by atoms with Gasteiger partial charge >= 0.3 is 0 Å². The van der Waals surface area contributed by atoms with E-state index in [4.69, 9.17) is 0 Å². The maximum Gasteiger partial charge on any atom is 0.148 e.